The summed E-state index contributed by atoms with van der Waals surface area (Å²) in [6, 6.07) is 18.0. The molecule has 0 radical (unpaired) electrons. The number of carbonyl (C=O) groups excluding carboxylic acids is 1. The largest absolute Gasteiger partial charge is 0.454 e. The molecule has 3 aromatic rings. The molecular formula is C27H26FN3O3. The Kier molecular flexibility index (Phi) is 5.94. The van der Waals surface area contributed by atoms with Crippen LogP contribution in [0.25, 0.3) is 11.3 Å². The molecule has 3 aromatic carbocycles. The highest BCUT2D eigenvalue weighted by Gasteiger charge is 2.29. The zero-order valence-corrected chi connectivity index (χ0v) is 19.2. The van der Waals surface area contributed by atoms with E-state index in [9.17, 15) is 9.18 Å². The quantitative estimate of drug-likeness (QED) is 0.468. The lowest BCUT2D eigenvalue weighted by molar-refractivity contribution is -0.110. The summed E-state index contributed by atoms with van der Waals surface area (Å²) in [5.41, 5.74) is 4.97. The first-order valence-electron chi connectivity index (χ1n) is 11.4. The van der Waals surface area contributed by atoms with Gasteiger partial charge in [0.25, 0.3) is 5.91 Å². The van der Waals surface area contributed by atoms with Gasteiger partial charge in [-0.1, -0.05) is 26.0 Å². The van der Waals surface area contributed by atoms with E-state index in [-0.39, 0.29) is 12.7 Å². The molecule has 7 heteroatoms. The Hall–Kier alpha value is -3.84. The van der Waals surface area contributed by atoms with E-state index in [4.69, 9.17) is 9.47 Å². The molecule has 0 atom stereocenters. The molecule has 34 heavy (non-hydrogen) atoms. The van der Waals surface area contributed by atoms with Gasteiger partial charge in [0, 0.05) is 23.4 Å². The van der Waals surface area contributed by atoms with Crippen molar-refractivity contribution in [2.75, 3.05) is 30.5 Å². The first-order valence-corrected chi connectivity index (χ1v) is 11.4. The fourth-order valence-corrected chi connectivity index (χ4v) is 4.27. The number of anilines is 2. The average molecular weight is 460 g/mol. The van der Waals surface area contributed by atoms with Gasteiger partial charge in [0.05, 0.1) is 17.0 Å². The predicted molar refractivity (Wildman–Crippen MR) is 131 cm³/mol. The normalized spacial score (nSPS) is 15.4. The highest BCUT2D eigenvalue weighted by atomic mass is 19.1. The molecule has 1 amide bonds. The fraction of sp³-hybridized carbons (Fsp3) is 0.222. The maximum Gasteiger partial charge on any atom is 0.258 e. The smallest absolute Gasteiger partial charge is 0.258 e. The van der Waals surface area contributed by atoms with E-state index in [0.29, 0.717) is 34.0 Å². The third-order valence-corrected chi connectivity index (χ3v) is 6.16. The van der Waals surface area contributed by atoms with Gasteiger partial charge in [0.1, 0.15) is 5.82 Å². The molecular weight excluding hydrogens is 433 g/mol. The van der Waals surface area contributed by atoms with Crippen LogP contribution < -0.4 is 20.1 Å². The molecule has 0 saturated heterocycles. The van der Waals surface area contributed by atoms with Gasteiger partial charge >= 0.3 is 0 Å². The van der Waals surface area contributed by atoms with Crippen LogP contribution in [0, 0.1) is 5.82 Å². The van der Waals surface area contributed by atoms with Gasteiger partial charge in [-0.3, -0.25) is 9.69 Å². The number of hydrogen-bond acceptors (Lipinski definition) is 5. The highest BCUT2D eigenvalue weighted by molar-refractivity contribution is 6.37. The van der Waals surface area contributed by atoms with Crippen LogP contribution in [0.3, 0.4) is 0 Å². The molecule has 0 fully saturated rings. The number of benzene rings is 3. The second-order valence-electron chi connectivity index (χ2n) is 8.25. The van der Waals surface area contributed by atoms with Crippen LogP contribution in [-0.4, -0.2) is 30.7 Å². The summed E-state index contributed by atoms with van der Waals surface area (Å²) in [7, 11) is 0. The van der Waals surface area contributed by atoms with Crippen LogP contribution in [0.1, 0.15) is 30.5 Å². The van der Waals surface area contributed by atoms with Crippen LogP contribution in [0.4, 0.5) is 15.8 Å². The Bertz CT molecular complexity index is 1270. The average Bonchev–Trinajstić information content (AvgIpc) is 3.44. The topological polar surface area (TPSA) is 62.8 Å². The van der Waals surface area contributed by atoms with E-state index in [1.807, 2.05) is 30.3 Å². The van der Waals surface area contributed by atoms with Crippen molar-refractivity contribution in [1.82, 2.24) is 4.90 Å². The number of ether oxygens (including phenoxy) is 2. The first-order chi connectivity index (χ1) is 16.6. The van der Waals surface area contributed by atoms with Crippen molar-refractivity contribution in [1.29, 1.82) is 0 Å². The third kappa shape index (κ3) is 4.22. The molecule has 0 bridgehead atoms. The van der Waals surface area contributed by atoms with E-state index in [0.717, 1.165) is 30.9 Å². The number of halogens is 1. The lowest BCUT2D eigenvalue weighted by atomic mass is 9.99. The molecule has 2 heterocycles. The minimum Gasteiger partial charge on any atom is -0.454 e. The molecule has 174 valence electrons. The van der Waals surface area contributed by atoms with Crippen LogP contribution >= 0.6 is 0 Å². The van der Waals surface area contributed by atoms with Crippen LogP contribution in [0.2, 0.25) is 0 Å². The molecule has 0 saturated carbocycles. The summed E-state index contributed by atoms with van der Waals surface area (Å²) >= 11 is 0. The maximum atomic E-state index is 13.8. The van der Waals surface area contributed by atoms with E-state index in [1.54, 1.807) is 6.07 Å². The minimum atomic E-state index is -0.401. The van der Waals surface area contributed by atoms with Gasteiger partial charge in [-0.25, -0.2) is 4.39 Å². The minimum absolute atomic E-state index is 0.161. The molecule has 2 N–H and O–H groups in total. The van der Waals surface area contributed by atoms with E-state index in [1.165, 1.54) is 17.7 Å². The molecule has 0 aliphatic carbocycles. The van der Waals surface area contributed by atoms with Crippen molar-refractivity contribution in [3.8, 4) is 11.5 Å². The molecule has 0 unspecified atom stereocenters. The summed E-state index contributed by atoms with van der Waals surface area (Å²) in [4.78, 5) is 15.4. The lowest BCUT2D eigenvalue weighted by Crippen LogP contribution is -2.22. The van der Waals surface area contributed by atoms with Crippen molar-refractivity contribution in [3.63, 3.8) is 0 Å². The van der Waals surface area contributed by atoms with Gasteiger partial charge in [0.15, 0.2) is 11.5 Å². The number of amides is 1. The Labute approximate surface area is 198 Å². The van der Waals surface area contributed by atoms with Crippen molar-refractivity contribution in [2.45, 2.75) is 20.4 Å². The molecule has 2 aliphatic heterocycles. The Morgan fingerprint density at radius 2 is 1.76 bits per heavy atom. The summed E-state index contributed by atoms with van der Waals surface area (Å²) in [6.07, 6.45) is 0. The van der Waals surface area contributed by atoms with Gasteiger partial charge in [-0.05, 0) is 67.2 Å². The predicted octanol–water partition coefficient (Wildman–Crippen LogP) is 5.33. The third-order valence-electron chi connectivity index (χ3n) is 6.16. The molecule has 2 aliphatic rings. The highest BCUT2D eigenvalue weighted by Crippen LogP contribution is 2.40. The number of carbonyl (C=O) groups is 1. The summed E-state index contributed by atoms with van der Waals surface area (Å²) < 4.78 is 24.8. The van der Waals surface area contributed by atoms with E-state index >= 15 is 0 Å². The van der Waals surface area contributed by atoms with Gasteiger partial charge in [-0.2, -0.15) is 0 Å². The van der Waals surface area contributed by atoms with Crippen LogP contribution in [-0.2, 0) is 11.3 Å². The zero-order chi connectivity index (χ0) is 23.7. The van der Waals surface area contributed by atoms with Gasteiger partial charge in [-0.15, -0.1) is 0 Å². The fourth-order valence-electron chi connectivity index (χ4n) is 4.27. The SMILES string of the molecule is CCN(CC)Cc1ccc(NC(=C2C(=O)Nc3cc(F)ccc32)c2ccc3c(c2)OCO3)cc1. The number of hydrogen-bond donors (Lipinski definition) is 2. The molecule has 0 spiro atoms. The Balaban J connectivity index is 1.55. The van der Waals surface area contributed by atoms with Crippen molar-refractivity contribution < 1.29 is 18.7 Å². The Morgan fingerprint density at radius 3 is 2.53 bits per heavy atom. The van der Waals surface area contributed by atoms with Crippen molar-refractivity contribution in [2.24, 2.45) is 0 Å². The van der Waals surface area contributed by atoms with Crippen molar-refractivity contribution in [3.05, 3.63) is 83.2 Å². The Morgan fingerprint density at radius 1 is 1.00 bits per heavy atom. The van der Waals surface area contributed by atoms with E-state index < -0.39 is 5.82 Å². The van der Waals surface area contributed by atoms with Gasteiger partial charge in [0.2, 0.25) is 6.79 Å². The zero-order valence-electron chi connectivity index (χ0n) is 19.2. The molecule has 5 rings (SSSR count). The molecule has 0 aromatic heterocycles. The first kappa shape index (κ1) is 22.0. The number of rotatable bonds is 7. The number of fused-ring (bicyclic) bond motifs is 2. The number of nitrogens with zero attached hydrogens (tertiary/aromatic N) is 1. The van der Waals surface area contributed by atoms with Crippen molar-refractivity contribution >= 4 is 28.6 Å². The monoisotopic (exact) mass is 459 g/mol. The second-order valence-corrected chi connectivity index (χ2v) is 8.25. The lowest BCUT2D eigenvalue weighted by Gasteiger charge is -2.19. The standard InChI is InChI=1S/C27H26FN3O3/c1-3-31(4-2)15-17-5-9-20(10-6-17)29-26(18-7-12-23-24(13-18)34-16-33-23)25-21-11-8-19(28)14-22(21)30-27(25)32/h5-14,29H,3-4,15-16H2,1-2H3,(H,30,32). The summed E-state index contributed by atoms with van der Waals surface area (Å²) in [5, 5.41) is 6.22. The number of nitrogens with one attached hydrogen (secondary N) is 2. The van der Waals surface area contributed by atoms with Crippen LogP contribution in [0.5, 0.6) is 11.5 Å². The second kappa shape index (κ2) is 9.19. The van der Waals surface area contributed by atoms with E-state index in [2.05, 4.69) is 41.5 Å². The molecule has 6 nitrogen and oxygen atoms in total. The van der Waals surface area contributed by atoms with Crippen LogP contribution in [0.15, 0.2) is 60.7 Å². The van der Waals surface area contributed by atoms with Gasteiger partial charge < -0.3 is 20.1 Å². The summed E-state index contributed by atoms with van der Waals surface area (Å²) in [6.45, 7) is 7.33. The maximum absolute atomic E-state index is 13.8. The summed E-state index contributed by atoms with van der Waals surface area (Å²) in [5.74, 6) is 0.581.